The molecule has 0 bridgehead atoms. The lowest BCUT2D eigenvalue weighted by molar-refractivity contribution is -0.117. The molecule has 0 spiro atoms. The highest BCUT2D eigenvalue weighted by Gasteiger charge is 2.37. The molecule has 0 aliphatic carbocycles. The quantitative estimate of drug-likeness (QED) is 0.233. The first-order valence-corrected chi connectivity index (χ1v) is 12.8. The molecule has 1 amide bonds. The summed E-state index contributed by atoms with van der Waals surface area (Å²) >= 11 is 0. The molecular formula is C28H23NOS2. The van der Waals surface area contributed by atoms with Crippen LogP contribution in [0.3, 0.4) is 0 Å². The van der Waals surface area contributed by atoms with Gasteiger partial charge in [-0.1, -0.05) is 113 Å². The molecule has 2 nitrogen and oxygen atoms in total. The van der Waals surface area contributed by atoms with Crippen molar-refractivity contribution in [1.29, 1.82) is 0 Å². The molecule has 0 radical (unpaired) electrons. The molecule has 0 N–H and O–H groups in total. The zero-order chi connectivity index (χ0) is 22.0. The summed E-state index contributed by atoms with van der Waals surface area (Å²) in [4.78, 5) is 15.0. The zero-order valence-electron chi connectivity index (χ0n) is 17.8. The molecule has 0 saturated carbocycles. The van der Waals surface area contributed by atoms with Crippen LogP contribution < -0.4 is 4.90 Å². The van der Waals surface area contributed by atoms with E-state index in [1.165, 1.54) is 16.7 Å². The second kappa shape index (κ2) is 8.89. The molecule has 1 heterocycles. The van der Waals surface area contributed by atoms with E-state index in [2.05, 4.69) is 109 Å². The van der Waals surface area contributed by atoms with Crippen molar-refractivity contribution in [3.05, 3.63) is 131 Å². The van der Waals surface area contributed by atoms with Crippen molar-refractivity contribution in [3.8, 4) is 0 Å². The summed E-state index contributed by atoms with van der Waals surface area (Å²) in [5.41, 5.74) is 5.85. The Hall–Kier alpha value is -2.95. The molecule has 0 saturated heterocycles. The minimum absolute atomic E-state index is 0.155. The lowest BCUT2D eigenvalue weighted by atomic mass is 9.84. The maximum absolute atomic E-state index is 12.1. The Kier molecular flexibility index (Phi) is 5.81. The molecule has 0 atom stereocenters. The molecule has 1 aliphatic rings. The standard InChI is InChI=1S/C28H23NOS2/c1-29-26-18-17-25(19-21(26)20-27(29)30)31-32-28(22-11-5-2-6-12-22,23-13-7-3-8-14-23)24-15-9-4-10-16-24/h2-19H,20H2,1H3. The number of benzene rings is 4. The molecule has 1 aliphatic heterocycles. The van der Waals surface area contributed by atoms with Crippen LogP contribution in [0.4, 0.5) is 5.69 Å². The van der Waals surface area contributed by atoms with Gasteiger partial charge in [0.15, 0.2) is 0 Å². The van der Waals surface area contributed by atoms with Crippen LogP contribution in [0.1, 0.15) is 22.3 Å². The Labute approximate surface area is 197 Å². The van der Waals surface area contributed by atoms with Gasteiger partial charge >= 0.3 is 0 Å². The number of carbonyl (C=O) groups excluding carboxylic acids is 1. The van der Waals surface area contributed by atoms with Crippen LogP contribution in [0.5, 0.6) is 0 Å². The Bertz CT molecular complexity index is 1130. The van der Waals surface area contributed by atoms with E-state index < -0.39 is 0 Å². The highest BCUT2D eigenvalue weighted by molar-refractivity contribution is 8.77. The number of carbonyl (C=O) groups is 1. The predicted octanol–water partition coefficient (Wildman–Crippen LogP) is 6.94. The van der Waals surface area contributed by atoms with Crippen molar-refractivity contribution in [3.63, 3.8) is 0 Å². The molecule has 32 heavy (non-hydrogen) atoms. The van der Waals surface area contributed by atoms with Gasteiger partial charge in [0, 0.05) is 17.6 Å². The van der Waals surface area contributed by atoms with Gasteiger partial charge in [-0.3, -0.25) is 4.79 Å². The van der Waals surface area contributed by atoms with E-state index in [9.17, 15) is 4.79 Å². The van der Waals surface area contributed by atoms with Crippen LogP contribution in [0.2, 0.25) is 0 Å². The molecule has 5 rings (SSSR count). The minimum Gasteiger partial charge on any atom is -0.315 e. The Morgan fingerprint density at radius 3 is 1.72 bits per heavy atom. The summed E-state index contributed by atoms with van der Waals surface area (Å²) in [7, 11) is 5.46. The van der Waals surface area contributed by atoms with Crippen LogP contribution >= 0.6 is 21.6 Å². The number of fused-ring (bicyclic) bond motifs is 1. The predicted molar refractivity (Wildman–Crippen MR) is 136 cm³/mol. The summed E-state index contributed by atoms with van der Waals surface area (Å²) in [6.07, 6.45) is 0.478. The molecule has 0 unspecified atom stereocenters. The summed E-state index contributed by atoms with van der Waals surface area (Å²) in [6.45, 7) is 0. The fourth-order valence-corrected chi connectivity index (χ4v) is 7.34. The summed E-state index contributed by atoms with van der Waals surface area (Å²) < 4.78 is -0.375. The van der Waals surface area contributed by atoms with E-state index in [-0.39, 0.29) is 10.7 Å². The normalized spacial score (nSPS) is 13.3. The fourth-order valence-electron chi connectivity index (χ4n) is 4.27. The maximum Gasteiger partial charge on any atom is 0.231 e. The number of rotatable bonds is 6. The van der Waals surface area contributed by atoms with Crippen LogP contribution in [0.15, 0.2) is 114 Å². The molecule has 4 aromatic carbocycles. The first kappa shape index (κ1) is 20.9. The van der Waals surface area contributed by atoms with Gasteiger partial charge in [-0.2, -0.15) is 0 Å². The summed E-state index contributed by atoms with van der Waals surface area (Å²) in [5, 5.41) is 0. The van der Waals surface area contributed by atoms with E-state index in [1.807, 2.05) is 17.8 Å². The average Bonchev–Trinajstić information content (AvgIpc) is 3.14. The summed E-state index contributed by atoms with van der Waals surface area (Å²) in [6, 6.07) is 38.5. The number of hydrogen-bond acceptors (Lipinski definition) is 3. The van der Waals surface area contributed by atoms with Gasteiger partial charge in [-0.25, -0.2) is 0 Å². The fraction of sp³-hybridized carbons (Fsp3) is 0.107. The smallest absolute Gasteiger partial charge is 0.231 e. The first-order chi connectivity index (χ1) is 15.7. The lowest BCUT2D eigenvalue weighted by Crippen LogP contribution is -2.24. The van der Waals surface area contributed by atoms with Gasteiger partial charge in [0.25, 0.3) is 0 Å². The van der Waals surface area contributed by atoms with Crippen LogP contribution in [-0.4, -0.2) is 13.0 Å². The van der Waals surface area contributed by atoms with Crippen molar-refractivity contribution in [2.45, 2.75) is 16.1 Å². The van der Waals surface area contributed by atoms with Gasteiger partial charge in [-0.15, -0.1) is 0 Å². The maximum atomic E-state index is 12.1. The van der Waals surface area contributed by atoms with Gasteiger partial charge in [-0.05, 0) is 40.5 Å². The van der Waals surface area contributed by atoms with Crippen LogP contribution in [0.25, 0.3) is 0 Å². The van der Waals surface area contributed by atoms with Crippen molar-refractivity contribution >= 4 is 33.2 Å². The van der Waals surface area contributed by atoms with Crippen LogP contribution in [0, 0.1) is 0 Å². The van der Waals surface area contributed by atoms with E-state index in [0.29, 0.717) is 6.42 Å². The largest absolute Gasteiger partial charge is 0.315 e. The van der Waals surface area contributed by atoms with E-state index in [1.54, 1.807) is 15.7 Å². The molecular weight excluding hydrogens is 430 g/mol. The lowest BCUT2D eigenvalue weighted by Gasteiger charge is -2.34. The van der Waals surface area contributed by atoms with Gasteiger partial charge in [0.05, 0.1) is 6.42 Å². The summed E-state index contributed by atoms with van der Waals surface area (Å²) in [5.74, 6) is 0.155. The van der Waals surface area contributed by atoms with Crippen LogP contribution in [-0.2, 0) is 16.0 Å². The van der Waals surface area contributed by atoms with E-state index in [0.717, 1.165) is 16.1 Å². The average molecular weight is 454 g/mol. The Morgan fingerprint density at radius 1 is 0.719 bits per heavy atom. The highest BCUT2D eigenvalue weighted by atomic mass is 33.1. The van der Waals surface area contributed by atoms with E-state index >= 15 is 0 Å². The third-order valence-electron chi connectivity index (χ3n) is 5.93. The second-order valence-electron chi connectivity index (χ2n) is 7.87. The number of hydrogen-bond donors (Lipinski definition) is 0. The molecule has 158 valence electrons. The van der Waals surface area contributed by atoms with Crippen molar-refractivity contribution in [1.82, 2.24) is 0 Å². The second-order valence-corrected chi connectivity index (χ2v) is 10.3. The van der Waals surface area contributed by atoms with Gasteiger partial charge < -0.3 is 4.90 Å². The van der Waals surface area contributed by atoms with E-state index in [4.69, 9.17) is 0 Å². The Morgan fingerprint density at radius 2 is 1.22 bits per heavy atom. The highest BCUT2D eigenvalue weighted by Crippen LogP contribution is 2.55. The molecule has 4 heteroatoms. The molecule has 4 aromatic rings. The zero-order valence-corrected chi connectivity index (χ0v) is 19.4. The van der Waals surface area contributed by atoms with Gasteiger partial charge in [0.1, 0.15) is 4.75 Å². The van der Waals surface area contributed by atoms with Gasteiger partial charge in [0.2, 0.25) is 5.91 Å². The van der Waals surface area contributed by atoms with Crippen molar-refractivity contribution < 1.29 is 4.79 Å². The third kappa shape index (κ3) is 3.74. The number of likely N-dealkylation sites (N-methyl/N-ethyl adjacent to an activating group) is 1. The Balaban J connectivity index is 1.60. The third-order valence-corrected chi connectivity index (χ3v) is 9.00. The monoisotopic (exact) mass is 453 g/mol. The SMILES string of the molecule is CN1C(=O)Cc2cc(SSC(c3ccccc3)(c3ccccc3)c3ccccc3)ccc21. The first-order valence-electron chi connectivity index (χ1n) is 10.6. The van der Waals surface area contributed by atoms with Crippen molar-refractivity contribution in [2.24, 2.45) is 0 Å². The van der Waals surface area contributed by atoms with Crippen molar-refractivity contribution in [2.75, 3.05) is 11.9 Å². The number of amides is 1. The molecule has 0 aromatic heterocycles. The topological polar surface area (TPSA) is 20.3 Å². The number of nitrogens with zero attached hydrogens (tertiary/aromatic N) is 1. The number of anilines is 1. The minimum atomic E-state index is -0.375. The molecule has 0 fully saturated rings.